The first-order chi connectivity index (χ1) is 4.81. The predicted octanol–water partition coefficient (Wildman–Crippen LogP) is 3.83. The summed E-state index contributed by atoms with van der Waals surface area (Å²) < 4.78 is 0. The van der Waals surface area contributed by atoms with Crippen LogP contribution in [0.5, 0.6) is 0 Å². The van der Waals surface area contributed by atoms with Crippen molar-refractivity contribution in [1.82, 2.24) is 0 Å². The maximum atomic E-state index is 5.52. The third kappa shape index (κ3) is 7.20. The quantitative estimate of drug-likeness (QED) is 0.632. The zero-order valence-electron chi connectivity index (χ0n) is 5.15. The summed E-state index contributed by atoms with van der Waals surface area (Å²) >= 11 is 11.8. The van der Waals surface area contributed by atoms with Gasteiger partial charge in [-0.1, -0.05) is 23.7 Å². The Kier molecular flexibility index (Phi) is 9.09. The summed E-state index contributed by atoms with van der Waals surface area (Å²) in [4.78, 5) is 0. The third-order valence-electron chi connectivity index (χ3n) is 0.678. The van der Waals surface area contributed by atoms with Crippen molar-refractivity contribution in [2.24, 2.45) is 0 Å². The first kappa shape index (κ1) is 11.1. The molecule has 0 bridgehead atoms. The maximum absolute atomic E-state index is 5.52. The number of hydrogen-bond donors (Lipinski definition) is 0. The van der Waals surface area contributed by atoms with Crippen LogP contribution in [-0.2, 0) is 13.2 Å². The van der Waals surface area contributed by atoms with Gasteiger partial charge in [0.15, 0.2) is 0 Å². The SMILES string of the molecule is Clc1cc[c]cc1.[Br][Zn][Br]. The van der Waals surface area contributed by atoms with Gasteiger partial charge in [-0.05, 0) is 18.2 Å². The minimum absolute atomic E-state index is 0.250. The van der Waals surface area contributed by atoms with Crippen LogP contribution < -0.4 is 0 Å². The molecule has 0 aliphatic carbocycles. The Morgan fingerprint density at radius 3 is 1.90 bits per heavy atom. The van der Waals surface area contributed by atoms with Crippen molar-refractivity contribution in [1.29, 1.82) is 0 Å². The van der Waals surface area contributed by atoms with Crippen LogP contribution in [0.1, 0.15) is 0 Å². The topological polar surface area (TPSA) is 0 Å². The number of benzene rings is 1. The summed E-state index contributed by atoms with van der Waals surface area (Å²) in [7, 11) is 0. The summed E-state index contributed by atoms with van der Waals surface area (Å²) in [6.07, 6.45) is 0. The van der Waals surface area contributed by atoms with Gasteiger partial charge in [-0.15, -0.1) is 0 Å². The van der Waals surface area contributed by atoms with E-state index in [2.05, 4.69) is 33.3 Å². The second kappa shape index (κ2) is 8.19. The van der Waals surface area contributed by atoms with E-state index in [9.17, 15) is 0 Å². The fraction of sp³-hybridized carbons (Fsp3) is 0. The molecular weight excluding hydrogens is 333 g/mol. The van der Waals surface area contributed by atoms with Crippen LogP contribution in [0.2, 0.25) is 5.02 Å². The van der Waals surface area contributed by atoms with Gasteiger partial charge in [0, 0.05) is 5.02 Å². The molecule has 0 aromatic heterocycles. The van der Waals surface area contributed by atoms with E-state index in [1.54, 1.807) is 24.3 Å². The Labute approximate surface area is 86.7 Å². The van der Waals surface area contributed by atoms with Gasteiger partial charge in [0.25, 0.3) is 0 Å². The fourth-order valence-electron chi connectivity index (χ4n) is 0.367. The molecule has 10 heavy (non-hydrogen) atoms. The molecule has 4 heteroatoms. The molecule has 0 saturated heterocycles. The van der Waals surface area contributed by atoms with Crippen molar-refractivity contribution in [2.45, 2.75) is 0 Å². The molecule has 0 fully saturated rings. The van der Waals surface area contributed by atoms with E-state index in [0.29, 0.717) is 0 Å². The molecule has 0 amide bonds. The van der Waals surface area contributed by atoms with Gasteiger partial charge in [-0.3, -0.25) is 0 Å². The van der Waals surface area contributed by atoms with Crippen LogP contribution in [0.15, 0.2) is 24.3 Å². The normalized spacial score (nSPS) is 7.10. The van der Waals surface area contributed by atoms with E-state index in [-0.39, 0.29) is 13.2 Å². The predicted molar refractivity (Wildman–Crippen MR) is 48.1 cm³/mol. The molecule has 0 N–H and O–H groups in total. The van der Waals surface area contributed by atoms with Gasteiger partial charge in [0.1, 0.15) is 0 Å². The number of rotatable bonds is 0. The molecule has 0 heterocycles. The molecule has 0 aliphatic heterocycles. The zero-order chi connectivity index (χ0) is 7.82. The van der Waals surface area contributed by atoms with Crippen LogP contribution >= 0.6 is 38.8 Å². The Bertz CT molecular complexity index is 157. The summed E-state index contributed by atoms with van der Waals surface area (Å²) in [5.41, 5.74) is 0. The van der Waals surface area contributed by atoms with E-state index < -0.39 is 0 Å². The minimum atomic E-state index is -0.250. The van der Waals surface area contributed by atoms with Crippen LogP contribution in [0.25, 0.3) is 0 Å². The van der Waals surface area contributed by atoms with Crippen molar-refractivity contribution in [2.75, 3.05) is 0 Å². The molecule has 1 aromatic rings. The molecule has 1 rings (SSSR count). The zero-order valence-corrected chi connectivity index (χ0v) is 12.0. The van der Waals surface area contributed by atoms with Gasteiger partial charge in [0.2, 0.25) is 0 Å². The monoisotopic (exact) mass is 333 g/mol. The van der Waals surface area contributed by atoms with Crippen molar-refractivity contribution in [3.63, 3.8) is 0 Å². The second-order valence-corrected chi connectivity index (χ2v) is 15.8. The molecule has 0 spiro atoms. The van der Waals surface area contributed by atoms with Crippen LogP contribution in [0, 0.1) is 6.07 Å². The summed E-state index contributed by atoms with van der Waals surface area (Å²) in [6, 6.07) is 10.00. The van der Waals surface area contributed by atoms with Crippen molar-refractivity contribution >= 4 is 38.8 Å². The van der Waals surface area contributed by atoms with Gasteiger partial charge >= 0.3 is 40.5 Å². The Morgan fingerprint density at radius 1 is 1.30 bits per heavy atom. The van der Waals surface area contributed by atoms with E-state index in [4.69, 9.17) is 11.6 Å². The molecule has 0 aliphatic rings. The molecular formula is C6H4Br2ClZn. The molecule has 1 radical (unpaired) electrons. The Morgan fingerprint density at radius 2 is 1.70 bits per heavy atom. The van der Waals surface area contributed by atoms with E-state index >= 15 is 0 Å². The average Bonchev–Trinajstić information content (AvgIpc) is 1.91. The molecule has 0 atom stereocenters. The molecule has 0 nitrogen and oxygen atoms in total. The standard InChI is InChI=1S/C6H4Cl.2BrH.Zn/c7-6-4-2-1-3-5-6;;;/h2-5H;2*1H;/q;;;+2/p-2. The van der Waals surface area contributed by atoms with Crippen LogP contribution in [0.3, 0.4) is 0 Å². The van der Waals surface area contributed by atoms with E-state index in [1.165, 1.54) is 0 Å². The fourth-order valence-corrected chi connectivity index (χ4v) is 0.493. The van der Waals surface area contributed by atoms with Crippen molar-refractivity contribution in [3.8, 4) is 0 Å². The first-order valence-electron chi connectivity index (χ1n) is 2.54. The first-order valence-corrected chi connectivity index (χ1v) is 16.8. The van der Waals surface area contributed by atoms with Crippen LogP contribution in [-0.4, -0.2) is 0 Å². The molecule has 0 unspecified atom stereocenters. The van der Waals surface area contributed by atoms with Crippen LogP contribution in [0.4, 0.5) is 0 Å². The number of halogens is 3. The molecule has 0 saturated carbocycles. The molecule has 1 aromatic carbocycles. The van der Waals surface area contributed by atoms with Gasteiger partial charge in [-0.2, -0.15) is 0 Å². The second-order valence-electron chi connectivity index (χ2n) is 1.32. The molecule has 51 valence electrons. The van der Waals surface area contributed by atoms with Gasteiger partial charge in [-0.25, -0.2) is 0 Å². The Hall–Kier alpha value is 1.09. The summed E-state index contributed by atoms with van der Waals surface area (Å²) in [5, 5.41) is 0.763. The summed E-state index contributed by atoms with van der Waals surface area (Å²) in [5.74, 6) is 0. The van der Waals surface area contributed by atoms with E-state index in [0.717, 1.165) is 5.02 Å². The average molecular weight is 337 g/mol. The van der Waals surface area contributed by atoms with Gasteiger partial charge < -0.3 is 0 Å². The van der Waals surface area contributed by atoms with Gasteiger partial charge in [0.05, 0.1) is 0 Å². The summed E-state index contributed by atoms with van der Waals surface area (Å²) in [6.45, 7) is 0. The third-order valence-corrected chi connectivity index (χ3v) is 0.930. The van der Waals surface area contributed by atoms with E-state index in [1.807, 2.05) is 0 Å². The van der Waals surface area contributed by atoms with Crippen molar-refractivity contribution in [3.05, 3.63) is 35.4 Å². The number of hydrogen-bond acceptors (Lipinski definition) is 0. The Balaban J connectivity index is 0.000000236. The van der Waals surface area contributed by atoms with Crippen molar-refractivity contribution < 1.29 is 13.2 Å².